The third kappa shape index (κ3) is 6.01. The third-order valence-electron chi connectivity index (χ3n) is 1.53. The molecule has 0 bridgehead atoms. The summed E-state index contributed by atoms with van der Waals surface area (Å²) in [6.07, 6.45) is 0.185. The molecule has 0 unspecified atom stereocenters. The van der Waals surface area contributed by atoms with Crippen molar-refractivity contribution >= 4 is 29.0 Å². The molecule has 0 saturated carbocycles. The molecule has 0 aliphatic carbocycles. The molecule has 0 fully saturated rings. The lowest BCUT2D eigenvalue weighted by molar-refractivity contribution is -0.141. The Balaban J connectivity index is 4.19. The van der Waals surface area contributed by atoms with Crippen LogP contribution in [0.4, 0.5) is 0 Å². The van der Waals surface area contributed by atoms with E-state index in [1.807, 2.05) is 0 Å². The second-order valence-corrected chi connectivity index (χ2v) is 3.28. The van der Waals surface area contributed by atoms with Crippen molar-refractivity contribution in [2.45, 2.75) is 20.3 Å². The Morgan fingerprint density at radius 2 is 2.20 bits per heavy atom. The van der Waals surface area contributed by atoms with Gasteiger partial charge in [0.05, 0.1) is 13.0 Å². The molecule has 5 nitrogen and oxygen atoms in total. The first-order chi connectivity index (χ1) is 7.01. The van der Waals surface area contributed by atoms with Crippen molar-refractivity contribution in [3.05, 3.63) is 0 Å². The number of nitrogens with zero attached hydrogens (tertiary/aromatic N) is 2. The zero-order valence-electron chi connectivity index (χ0n) is 9.53. The largest absolute Gasteiger partial charge is 0.466 e. The summed E-state index contributed by atoms with van der Waals surface area (Å²) in [5.74, 6) is -0.275. The molecule has 6 heteroatoms. The molecular weight excluding hydrogens is 214 g/mol. The zero-order valence-corrected chi connectivity index (χ0v) is 10.3. The van der Waals surface area contributed by atoms with Crippen LogP contribution >= 0.6 is 12.2 Å². The van der Waals surface area contributed by atoms with E-state index < -0.39 is 0 Å². The molecule has 0 radical (unpaired) electrons. The van der Waals surface area contributed by atoms with Crippen LogP contribution in [0.15, 0.2) is 5.10 Å². The van der Waals surface area contributed by atoms with Crippen LogP contribution in [-0.4, -0.2) is 42.5 Å². The number of carbonyl (C=O) groups excluding carboxylic acids is 1. The minimum absolute atomic E-state index is 0.185. The molecule has 0 saturated heterocycles. The zero-order chi connectivity index (χ0) is 11.8. The Hall–Kier alpha value is -1.17. The van der Waals surface area contributed by atoms with Crippen molar-refractivity contribution in [3.8, 4) is 0 Å². The maximum Gasteiger partial charge on any atom is 0.311 e. The van der Waals surface area contributed by atoms with Crippen LogP contribution < -0.4 is 5.32 Å². The fraction of sp³-hybridized carbons (Fsp3) is 0.667. The van der Waals surface area contributed by atoms with Crippen LogP contribution in [0.3, 0.4) is 0 Å². The van der Waals surface area contributed by atoms with E-state index in [0.717, 1.165) is 0 Å². The van der Waals surface area contributed by atoms with Crippen LogP contribution in [0.25, 0.3) is 0 Å². The van der Waals surface area contributed by atoms with Crippen LogP contribution in [0.5, 0.6) is 0 Å². The first-order valence-corrected chi connectivity index (χ1v) is 5.07. The minimum Gasteiger partial charge on any atom is -0.466 e. The van der Waals surface area contributed by atoms with Gasteiger partial charge in [0, 0.05) is 19.8 Å². The highest BCUT2D eigenvalue weighted by Gasteiger charge is 2.06. The van der Waals surface area contributed by atoms with Gasteiger partial charge in [0.1, 0.15) is 0 Å². The molecule has 0 atom stereocenters. The highest BCUT2D eigenvalue weighted by molar-refractivity contribution is 7.80. The van der Waals surface area contributed by atoms with E-state index >= 15 is 0 Å². The van der Waals surface area contributed by atoms with E-state index in [4.69, 9.17) is 17.0 Å². The predicted molar refractivity (Wildman–Crippen MR) is 63.8 cm³/mol. The number of hydrogen-bond acceptors (Lipinski definition) is 4. The lowest BCUT2D eigenvalue weighted by Crippen LogP contribution is -2.31. The average molecular weight is 231 g/mol. The van der Waals surface area contributed by atoms with Crippen molar-refractivity contribution in [2.24, 2.45) is 5.10 Å². The van der Waals surface area contributed by atoms with E-state index in [0.29, 0.717) is 17.4 Å². The topological polar surface area (TPSA) is 53.9 Å². The third-order valence-corrected chi connectivity index (χ3v) is 2.00. The Labute approximate surface area is 95.5 Å². The SMILES string of the molecule is CCOC(=O)C/C(C)=N\N(C)C(=S)NC. The number of nitrogens with one attached hydrogen (secondary N) is 1. The Kier molecular flexibility index (Phi) is 6.61. The van der Waals surface area contributed by atoms with E-state index in [1.165, 1.54) is 5.01 Å². The van der Waals surface area contributed by atoms with Gasteiger partial charge in [0.15, 0.2) is 5.11 Å². The molecule has 86 valence electrons. The lowest BCUT2D eigenvalue weighted by atomic mass is 10.3. The quantitative estimate of drug-likeness (QED) is 0.335. The number of thiocarbonyl (C=S) groups is 1. The summed E-state index contributed by atoms with van der Waals surface area (Å²) in [5.41, 5.74) is 0.661. The second kappa shape index (κ2) is 7.17. The van der Waals surface area contributed by atoms with E-state index in [9.17, 15) is 4.79 Å². The van der Waals surface area contributed by atoms with Crippen LogP contribution in [0, 0.1) is 0 Å². The Morgan fingerprint density at radius 3 is 2.67 bits per heavy atom. The van der Waals surface area contributed by atoms with Gasteiger partial charge in [0.25, 0.3) is 0 Å². The fourth-order valence-corrected chi connectivity index (χ4v) is 0.960. The van der Waals surface area contributed by atoms with Gasteiger partial charge in [-0.3, -0.25) is 4.79 Å². The standard InChI is InChI=1S/C9H17N3O2S/c1-5-14-8(13)6-7(2)11-12(4)9(15)10-3/h5-6H2,1-4H3,(H,10,15)/b11-7-. The maximum absolute atomic E-state index is 11.1. The van der Waals surface area contributed by atoms with Crippen molar-refractivity contribution in [1.82, 2.24) is 10.3 Å². The number of carbonyl (C=O) groups is 1. The van der Waals surface area contributed by atoms with Gasteiger partial charge in [0.2, 0.25) is 0 Å². The smallest absolute Gasteiger partial charge is 0.311 e. The summed E-state index contributed by atoms with van der Waals surface area (Å²) in [6, 6.07) is 0. The van der Waals surface area contributed by atoms with Gasteiger partial charge in [-0.2, -0.15) is 5.10 Å². The first-order valence-electron chi connectivity index (χ1n) is 4.66. The maximum atomic E-state index is 11.1. The minimum atomic E-state index is -0.275. The molecule has 0 aliphatic heterocycles. The molecule has 0 rings (SSSR count). The van der Waals surface area contributed by atoms with Crippen LogP contribution in [-0.2, 0) is 9.53 Å². The number of rotatable bonds is 4. The summed E-state index contributed by atoms with van der Waals surface area (Å²) < 4.78 is 4.79. The lowest BCUT2D eigenvalue weighted by Gasteiger charge is -2.14. The highest BCUT2D eigenvalue weighted by atomic mass is 32.1. The van der Waals surface area contributed by atoms with Crippen molar-refractivity contribution in [3.63, 3.8) is 0 Å². The average Bonchev–Trinajstić information content (AvgIpc) is 2.16. The summed E-state index contributed by atoms with van der Waals surface area (Å²) >= 11 is 4.95. The normalized spacial score (nSPS) is 10.8. The van der Waals surface area contributed by atoms with Crippen LogP contribution in [0.1, 0.15) is 20.3 Å². The summed E-state index contributed by atoms with van der Waals surface area (Å²) in [5, 5.41) is 8.90. The molecule has 0 amide bonds. The summed E-state index contributed by atoms with van der Waals surface area (Å²) in [6.45, 7) is 3.91. The number of hydrazone groups is 1. The van der Waals surface area contributed by atoms with E-state index in [1.54, 1.807) is 27.9 Å². The van der Waals surface area contributed by atoms with Crippen molar-refractivity contribution in [1.29, 1.82) is 0 Å². The van der Waals surface area contributed by atoms with Gasteiger partial charge in [-0.25, -0.2) is 5.01 Å². The van der Waals surface area contributed by atoms with Crippen molar-refractivity contribution < 1.29 is 9.53 Å². The molecule has 15 heavy (non-hydrogen) atoms. The van der Waals surface area contributed by atoms with Crippen LogP contribution in [0.2, 0.25) is 0 Å². The second-order valence-electron chi connectivity index (χ2n) is 2.90. The summed E-state index contributed by atoms with van der Waals surface area (Å²) in [7, 11) is 3.43. The molecule has 1 N–H and O–H groups in total. The number of hydrogen-bond donors (Lipinski definition) is 1. The van der Waals surface area contributed by atoms with Gasteiger partial charge < -0.3 is 10.1 Å². The van der Waals surface area contributed by atoms with Gasteiger partial charge in [-0.1, -0.05) is 0 Å². The molecule has 0 heterocycles. The number of esters is 1. The fourth-order valence-electron chi connectivity index (χ4n) is 0.920. The van der Waals surface area contributed by atoms with Crippen molar-refractivity contribution in [2.75, 3.05) is 20.7 Å². The van der Waals surface area contributed by atoms with Gasteiger partial charge in [-0.15, -0.1) is 0 Å². The monoisotopic (exact) mass is 231 g/mol. The molecule has 0 aromatic rings. The predicted octanol–water partition coefficient (Wildman–Crippen LogP) is 0.752. The Morgan fingerprint density at radius 1 is 1.60 bits per heavy atom. The van der Waals surface area contributed by atoms with Gasteiger partial charge in [-0.05, 0) is 26.1 Å². The molecule has 0 aromatic heterocycles. The molecule has 0 spiro atoms. The highest BCUT2D eigenvalue weighted by Crippen LogP contribution is 1.94. The van der Waals surface area contributed by atoms with E-state index in [-0.39, 0.29) is 12.4 Å². The summed E-state index contributed by atoms with van der Waals surface area (Å²) in [4.78, 5) is 11.1. The van der Waals surface area contributed by atoms with E-state index in [2.05, 4.69) is 10.4 Å². The first kappa shape index (κ1) is 13.8. The van der Waals surface area contributed by atoms with Gasteiger partial charge >= 0.3 is 5.97 Å². The number of ether oxygens (including phenoxy) is 1. The molecule has 0 aliphatic rings. The molecule has 0 aromatic carbocycles. The molecular formula is C9H17N3O2S. The Bertz CT molecular complexity index is 266.